The van der Waals surface area contributed by atoms with E-state index < -0.39 is 7.82 Å². The van der Waals surface area contributed by atoms with Gasteiger partial charge in [-0.25, -0.2) is 4.57 Å². The maximum absolute atomic E-state index is 11.2. The second-order valence-corrected chi connectivity index (χ2v) is 7.21. The molecule has 0 unspecified atom stereocenters. The molecular weight excluding hydrogens is 508 g/mol. The number of halogens is 1. The maximum atomic E-state index is 11.2. The van der Waals surface area contributed by atoms with Crippen LogP contribution >= 0.6 is 7.82 Å². The lowest BCUT2D eigenvalue weighted by Gasteiger charge is -2.15. The Morgan fingerprint density at radius 2 is 1.59 bits per heavy atom. The Morgan fingerprint density at radius 3 is 2.17 bits per heavy atom. The number of rotatable bonds is 6. The van der Waals surface area contributed by atoms with Gasteiger partial charge in [0.05, 0.1) is 14.2 Å². The number of hydrogen-bond acceptors (Lipinski definition) is 4. The van der Waals surface area contributed by atoms with Crippen LogP contribution in [0.15, 0.2) is 48.5 Å². The number of phosphoric acid groups is 1. The van der Waals surface area contributed by atoms with Crippen molar-refractivity contribution in [2.45, 2.75) is 0 Å². The van der Waals surface area contributed by atoms with Gasteiger partial charge < -0.3 is 38.0 Å². The molecule has 1 heterocycles. The molecule has 0 fully saturated rings. The van der Waals surface area contributed by atoms with Crippen molar-refractivity contribution < 1.29 is 56.9 Å². The first kappa shape index (κ1) is 23.2. The summed E-state index contributed by atoms with van der Waals surface area (Å²) in [6.07, 6.45) is 3.79. The van der Waals surface area contributed by atoms with E-state index in [0.717, 1.165) is 22.2 Å². The van der Waals surface area contributed by atoms with E-state index in [4.69, 9.17) is 23.8 Å². The van der Waals surface area contributed by atoms with E-state index in [1.807, 2.05) is 49.5 Å². The monoisotopic (exact) mass is 529 g/mol. The molecule has 29 heavy (non-hydrogen) atoms. The minimum absolute atomic E-state index is 0. The van der Waals surface area contributed by atoms with Crippen molar-refractivity contribution in [3.05, 3.63) is 59.8 Å². The van der Waals surface area contributed by atoms with Crippen LogP contribution in [0.2, 0.25) is 0 Å². The minimum Gasteiger partial charge on any atom is -1.00 e. The molecule has 0 aliphatic heterocycles. The van der Waals surface area contributed by atoms with E-state index >= 15 is 0 Å². The van der Waals surface area contributed by atoms with Crippen LogP contribution in [0.4, 0.5) is 0 Å². The summed E-state index contributed by atoms with van der Waals surface area (Å²) in [5, 5.41) is 1.14. The average Bonchev–Trinajstić information content (AvgIpc) is 2.67. The molecule has 3 aromatic rings. The average molecular weight is 529 g/mol. The first-order valence-electron chi connectivity index (χ1n) is 8.39. The molecule has 1 aromatic heterocycles. The SMILES string of the molecule is COc1cc(C=Cc2ccc3ccccc3[n+]2C)cc(OC)c1OP(=O)(O)O.[I-]. The molecular formula is C20H21INO6P. The van der Waals surface area contributed by atoms with Gasteiger partial charge in [0.2, 0.25) is 17.0 Å². The molecule has 0 saturated heterocycles. The van der Waals surface area contributed by atoms with Crippen molar-refractivity contribution in [2.75, 3.05) is 14.2 Å². The Hall–Kier alpha value is -2.13. The molecule has 7 nitrogen and oxygen atoms in total. The predicted molar refractivity (Wildman–Crippen MR) is 106 cm³/mol. The normalized spacial score (nSPS) is 11.3. The fraction of sp³-hybridized carbons (Fsp3) is 0.150. The molecule has 0 atom stereocenters. The fourth-order valence-electron chi connectivity index (χ4n) is 2.91. The van der Waals surface area contributed by atoms with Crippen molar-refractivity contribution in [1.29, 1.82) is 0 Å². The van der Waals surface area contributed by atoms with E-state index in [9.17, 15) is 4.57 Å². The van der Waals surface area contributed by atoms with E-state index in [2.05, 4.69) is 10.6 Å². The van der Waals surface area contributed by atoms with Crippen LogP contribution in [0.1, 0.15) is 11.3 Å². The van der Waals surface area contributed by atoms with Gasteiger partial charge in [-0.05, 0) is 35.9 Å². The third kappa shape index (κ3) is 5.48. The Bertz CT molecular complexity index is 1070. The maximum Gasteiger partial charge on any atom is 0.525 e. The molecule has 0 spiro atoms. The summed E-state index contributed by atoms with van der Waals surface area (Å²) >= 11 is 0. The number of para-hydroxylation sites is 1. The van der Waals surface area contributed by atoms with Crippen LogP contribution in [0.3, 0.4) is 0 Å². The summed E-state index contributed by atoms with van der Waals surface area (Å²) in [6, 6.07) is 15.4. The molecule has 0 radical (unpaired) electrons. The lowest BCUT2D eigenvalue weighted by atomic mass is 10.1. The zero-order valence-electron chi connectivity index (χ0n) is 16.1. The second-order valence-electron chi connectivity index (χ2n) is 6.05. The zero-order chi connectivity index (χ0) is 20.3. The molecule has 2 N–H and O–H groups in total. The lowest BCUT2D eigenvalue weighted by molar-refractivity contribution is -0.646. The number of hydrogen-bond donors (Lipinski definition) is 2. The van der Waals surface area contributed by atoms with E-state index in [-0.39, 0.29) is 41.2 Å². The fourth-order valence-corrected chi connectivity index (χ4v) is 3.33. The van der Waals surface area contributed by atoms with Crippen LogP contribution < -0.4 is 42.5 Å². The molecule has 2 aromatic carbocycles. The van der Waals surface area contributed by atoms with Crippen molar-refractivity contribution in [3.63, 3.8) is 0 Å². The van der Waals surface area contributed by atoms with Gasteiger partial charge in [-0.1, -0.05) is 12.1 Å². The number of nitrogens with zero attached hydrogens (tertiary/aromatic N) is 1. The number of pyridine rings is 1. The Kier molecular flexibility index (Phi) is 7.65. The summed E-state index contributed by atoms with van der Waals surface area (Å²) in [5.41, 5.74) is 2.80. The number of benzene rings is 2. The molecule has 0 bridgehead atoms. The number of ether oxygens (including phenoxy) is 2. The first-order valence-corrected chi connectivity index (χ1v) is 9.92. The molecule has 0 aliphatic carbocycles. The van der Waals surface area contributed by atoms with Crippen molar-refractivity contribution in [2.24, 2.45) is 7.05 Å². The molecule has 154 valence electrons. The van der Waals surface area contributed by atoms with Gasteiger partial charge in [-0.15, -0.1) is 0 Å². The Balaban J connectivity index is 0.00000300. The summed E-state index contributed by atoms with van der Waals surface area (Å²) in [7, 11) is 0.00282. The van der Waals surface area contributed by atoms with Gasteiger partial charge >= 0.3 is 7.82 Å². The van der Waals surface area contributed by atoms with Crippen LogP contribution in [0.25, 0.3) is 23.1 Å². The van der Waals surface area contributed by atoms with Gasteiger partial charge in [0.25, 0.3) is 0 Å². The van der Waals surface area contributed by atoms with Crippen LogP contribution in [-0.4, -0.2) is 24.0 Å². The van der Waals surface area contributed by atoms with Gasteiger partial charge in [-0.2, -0.15) is 4.57 Å². The van der Waals surface area contributed by atoms with Gasteiger partial charge in [0.1, 0.15) is 7.05 Å². The van der Waals surface area contributed by atoms with Crippen molar-refractivity contribution in [1.82, 2.24) is 0 Å². The molecule has 0 saturated carbocycles. The Labute approximate surface area is 185 Å². The number of methoxy groups -OCH3 is 2. The van der Waals surface area contributed by atoms with E-state index in [0.29, 0.717) is 0 Å². The molecule has 0 aliphatic rings. The lowest BCUT2D eigenvalue weighted by Crippen LogP contribution is -3.00. The van der Waals surface area contributed by atoms with Gasteiger partial charge in [0, 0.05) is 23.6 Å². The first-order chi connectivity index (χ1) is 13.3. The topological polar surface area (TPSA) is 89.1 Å². The van der Waals surface area contributed by atoms with Crippen LogP contribution in [0.5, 0.6) is 17.2 Å². The summed E-state index contributed by atoms with van der Waals surface area (Å²) in [4.78, 5) is 18.2. The summed E-state index contributed by atoms with van der Waals surface area (Å²) < 4.78 is 28.5. The highest BCUT2D eigenvalue weighted by atomic mass is 127. The highest BCUT2D eigenvalue weighted by Crippen LogP contribution is 2.47. The summed E-state index contributed by atoms with van der Waals surface area (Å²) in [5.74, 6) is 0.169. The van der Waals surface area contributed by atoms with Crippen molar-refractivity contribution >= 4 is 30.9 Å². The predicted octanol–water partition coefficient (Wildman–Crippen LogP) is 0.327. The van der Waals surface area contributed by atoms with Gasteiger partial charge in [-0.3, -0.25) is 9.79 Å². The van der Waals surface area contributed by atoms with E-state index in [1.165, 1.54) is 14.2 Å². The van der Waals surface area contributed by atoms with Gasteiger partial charge in [0.15, 0.2) is 11.5 Å². The summed E-state index contributed by atoms with van der Waals surface area (Å²) in [6.45, 7) is 0. The second kappa shape index (κ2) is 9.58. The zero-order valence-corrected chi connectivity index (χ0v) is 19.1. The number of fused-ring (bicyclic) bond motifs is 1. The highest BCUT2D eigenvalue weighted by Gasteiger charge is 2.23. The van der Waals surface area contributed by atoms with Crippen molar-refractivity contribution in [3.8, 4) is 17.2 Å². The number of phosphoric ester groups is 1. The van der Waals surface area contributed by atoms with E-state index in [1.54, 1.807) is 12.1 Å². The number of aromatic nitrogens is 1. The third-order valence-corrected chi connectivity index (χ3v) is 4.68. The Morgan fingerprint density at radius 1 is 0.966 bits per heavy atom. The molecule has 9 heteroatoms. The largest absolute Gasteiger partial charge is 1.00 e. The smallest absolute Gasteiger partial charge is 0.525 e. The third-order valence-electron chi connectivity index (χ3n) is 4.26. The molecule has 3 rings (SSSR count). The number of aryl methyl sites for hydroxylation is 1. The van der Waals surface area contributed by atoms with Crippen LogP contribution in [-0.2, 0) is 11.6 Å². The van der Waals surface area contributed by atoms with Crippen LogP contribution in [0, 0.1) is 0 Å². The highest BCUT2D eigenvalue weighted by molar-refractivity contribution is 7.46. The standard InChI is InChI=1S/C20H20NO6P.HI/c1-21-16(11-9-15-6-4-5-7-17(15)21)10-8-14-12-18(25-2)20(19(13-14)26-3)27-28(22,23)24;/h4-13H,1-3H3,(H-,22,23,24);1H. The minimum atomic E-state index is -4.76. The quantitative estimate of drug-likeness (QED) is 0.272. The molecule has 0 amide bonds.